The van der Waals surface area contributed by atoms with Crippen molar-refractivity contribution in [3.8, 4) is 0 Å². The van der Waals surface area contributed by atoms with Gasteiger partial charge in [0.2, 0.25) is 10.0 Å². The molecule has 3 rings (SSSR count). The maximum Gasteiger partial charge on any atom is 0.262 e. The fourth-order valence-corrected chi connectivity index (χ4v) is 6.05. The van der Waals surface area contributed by atoms with Crippen molar-refractivity contribution in [2.24, 2.45) is 0 Å². The summed E-state index contributed by atoms with van der Waals surface area (Å²) in [6, 6.07) is 9.07. The molecule has 6 nitrogen and oxygen atoms in total. The molecule has 1 N–H and O–H groups in total. The second kappa shape index (κ2) is 9.26. The molecular formula is C19H24ClN3O3S2. The Morgan fingerprint density at radius 2 is 1.96 bits per heavy atom. The molecule has 0 bridgehead atoms. The molecule has 1 fully saturated rings. The maximum absolute atomic E-state index is 13.1. The molecule has 1 amide bonds. The number of hydrogen-bond acceptors (Lipinski definition) is 5. The van der Waals surface area contributed by atoms with Crippen molar-refractivity contribution < 1.29 is 13.2 Å². The number of nitrogens with zero attached hydrogens (tertiary/aromatic N) is 2. The highest BCUT2D eigenvalue weighted by atomic mass is 35.5. The number of piperazine rings is 1. The first-order valence-electron chi connectivity index (χ1n) is 9.30. The molecule has 1 aliphatic heterocycles. The van der Waals surface area contributed by atoms with Crippen LogP contribution < -0.4 is 10.2 Å². The van der Waals surface area contributed by atoms with Crippen molar-refractivity contribution in [3.63, 3.8) is 0 Å². The van der Waals surface area contributed by atoms with E-state index in [4.69, 9.17) is 11.6 Å². The van der Waals surface area contributed by atoms with Crippen molar-refractivity contribution in [1.29, 1.82) is 0 Å². The summed E-state index contributed by atoms with van der Waals surface area (Å²) in [7, 11) is -3.71. The molecule has 152 valence electrons. The van der Waals surface area contributed by atoms with Crippen LogP contribution in [0.15, 0.2) is 40.6 Å². The van der Waals surface area contributed by atoms with Crippen LogP contribution in [-0.4, -0.2) is 51.4 Å². The first-order chi connectivity index (χ1) is 13.4. The number of nitrogens with one attached hydrogen (secondary N) is 1. The van der Waals surface area contributed by atoms with E-state index in [1.165, 1.54) is 10.4 Å². The zero-order chi connectivity index (χ0) is 20.1. The quantitative estimate of drug-likeness (QED) is 0.668. The number of carbonyl (C=O) groups excluding carboxylic acids is 1. The molecule has 0 unspecified atom stereocenters. The molecule has 0 spiro atoms. The Morgan fingerprint density at radius 3 is 2.64 bits per heavy atom. The number of carbonyl (C=O) groups is 1. The maximum atomic E-state index is 13.1. The third kappa shape index (κ3) is 4.68. The van der Waals surface area contributed by atoms with Gasteiger partial charge < -0.3 is 10.2 Å². The van der Waals surface area contributed by atoms with E-state index in [0.29, 0.717) is 37.7 Å². The molecule has 0 radical (unpaired) electrons. The summed E-state index contributed by atoms with van der Waals surface area (Å²) in [5.74, 6) is -0.320. The molecule has 1 saturated heterocycles. The van der Waals surface area contributed by atoms with Crippen LogP contribution in [0, 0.1) is 0 Å². The molecule has 0 aliphatic carbocycles. The standard InChI is InChI=1S/C19H24ClN3O3S2/c1-2-3-8-21-19(24)18-17(7-13-27-18)28(25,26)23-11-9-22(10-12-23)16-6-4-5-15(20)14-16/h4-7,13-14H,2-3,8-12H2,1H3,(H,21,24). The summed E-state index contributed by atoms with van der Waals surface area (Å²) in [6.45, 7) is 4.45. The van der Waals surface area contributed by atoms with Crippen LogP contribution in [0.4, 0.5) is 5.69 Å². The van der Waals surface area contributed by atoms with Gasteiger partial charge >= 0.3 is 0 Å². The Morgan fingerprint density at radius 1 is 1.21 bits per heavy atom. The van der Waals surface area contributed by atoms with E-state index in [9.17, 15) is 13.2 Å². The lowest BCUT2D eigenvalue weighted by atomic mass is 10.2. The minimum absolute atomic E-state index is 0.0997. The second-order valence-corrected chi connectivity index (χ2v) is 9.85. The number of anilines is 1. The Kier molecular flexibility index (Phi) is 6.98. The van der Waals surface area contributed by atoms with Gasteiger partial charge in [-0.3, -0.25) is 4.79 Å². The van der Waals surface area contributed by atoms with Crippen LogP contribution in [0.25, 0.3) is 0 Å². The lowest BCUT2D eigenvalue weighted by Gasteiger charge is -2.35. The fraction of sp³-hybridized carbons (Fsp3) is 0.421. The van der Waals surface area contributed by atoms with Gasteiger partial charge in [-0.25, -0.2) is 8.42 Å². The number of sulfonamides is 1. The lowest BCUT2D eigenvalue weighted by molar-refractivity contribution is 0.0954. The Labute approximate surface area is 175 Å². The zero-order valence-corrected chi connectivity index (χ0v) is 18.1. The summed E-state index contributed by atoms with van der Waals surface area (Å²) in [4.78, 5) is 14.9. The summed E-state index contributed by atoms with van der Waals surface area (Å²) < 4.78 is 27.7. The number of halogens is 1. The van der Waals surface area contributed by atoms with Gasteiger partial charge in [0.1, 0.15) is 9.77 Å². The third-order valence-corrected chi connectivity index (χ3v) is 7.90. The van der Waals surface area contributed by atoms with E-state index >= 15 is 0 Å². The van der Waals surface area contributed by atoms with E-state index in [1.54, 1.807) is 5.38 Å². The van der Waals surface area contributed by atoms with Gasteiger partial charge in [0.15, 0.2) is 0 Å². The van der Waals surface area contributed by atoms with Gasteiger partial charge in [-0.1, -0.05) is 31.0 Å². The molecule has 1 aliphatic rings. The van der Waals surface area contributed by atoms with Crippen LogP contribution in [0.3, 0.4) is 0 Å². The zero-order valence-electron chi connectivity index (χ0n) is 15.7. The topological polar surface area (TPSA) is 69.7 Å². The van der Waals surface area contributed by atoms with Crippen LogP contribution in [0.1, 0.15) is 29.4 Å². The van der Waals surface area contributed by atoms with E-state index in [-0.39, 0.29) is 15.7 Å². The smallest absolute Gasteiger partial charge is 0.262 e. The van der Waals surface area contributed by atoms with Gasteiger partial charge in [-0.15, -0.1) is 11.3 Å². The summed E-state index contributed by atoms with van der Waals surface area (Å²) >= 11 is 7.22. The van der Waals surface area contributed by atoms with Crippen molar-refractivity contribution >= 4 is 44.6 Å². The van der Waals surface area contributed by atoms with E-state index in [0.717, 1.165) is 29.9 Å². The lowest BCUT2D eigenvalue weighted by Crippen LogP contribution is -2.48. The molecule has 9 heteroatoms. The third-order valence-electron chi connectivity index (χ3n) is 4.68. The van der Waals surface area contributed by atoms with Crippen molar-refractivity contribution in [1.82, 2.24) is 9.62 Å². The number of benzene rings is 1. The molecule has 0 atom stereocenters. The molecule has 1 aromatic carbocycles. The number of amides is 1. The minimum atomic E-state index is -3.71. The number of rotatable bonds is 7. The summed E-state index contributed by atoms with van der Waals surface area (Å²) in [5.41, 5.74) is 0.982. The highest BCUT2D eigenvalue weighted by Gasteiger charge is 2.32. The molecule has 2 aromatic rings. The normalized spacial score (nSPS) is 15.6. The average molecular weight is 442 g/mol. The van der Waals surface area contributed by atoms with Crippen LogP contribution >= 0.6 is 22.9 Å². The molecule has 28 heavy (non-hydrogen) atoms. The highest BCUT2D eigenvalue weighted by Crippen LogP contribution is 2.27. The molecule has 2 heterocycles. The number of thiophene rings is 1. The van der Waals surface area contributed by atoms with Crippen molar-refractivity contribution in [2.75, 3.05) is 37.6 Å². The predicted molar refractivity (Wildman–Crippen MR) is 114 cm³/mol. The number of unbranched alkanes of at least 4 members (excludes halogenated alkanes) is 1. The first kappa shape index (κ1) is 21.1. The molecule has 0 saturated carbocycles. The van der Waals surface area contributed by atoms with Gasteiger partial charge in [0.25, 0.3) is 5.91 Å². The van der Waals surface area contributed by atoms with Gasteiger partial charge in [0.05, 0.1) is 0 Å². The van der Waals surface area contributed by atoms with Gasteiger partial charge in [0, 0.05) is 43.4 Å². The Balaban J connectivity index is 1.70. The predicted octanol–water partition coefficient (Wildman–Crippen LogP) is 3.44. The SMILES string of the molecule is CCCCNC(=O)c1sccc1S(=O)(=O)N1CCN(c2cccc(Cl)c2)CC1. The highest BCUT2D eigenvalue weighted by molar-refractivity contribution is 7.89. The van der Waals surface area contributed by atoms with Crippen molar-refractivity contribution in [2.45, 2.75) is 24.7 Å². The van der Waals surface area contributed by atoms with Crippen molar-refractivity contribution in [3.05, 3.63) is 45.6 Å². The Bertz CT molecular complexity index is 922. The van der Waals surface area contributed by atoms with Gasteiger partial charge in [-0.2, -0.15) is 4.31 Å². The second-order valence-electron chi connectivity index (χ2n) is 6.59. The monoisotopic (exact) mass is 441 g/mol. The van der Waals surface area contributed by atoms with E-state index in [1.807, 2.05) is 31.2 Å². The summed E-state index contributed by atoms with van der Waals surface area (Å²) in [6.07, 6.45) is 1.83. The van der Waals surface area contributed by atoms with E-state index < -0.39 is 10.0 Å². The molecule has 1 aromatic heterocycles. The first-order valence-corrected chi connectivity index (χ1v) is 12.0. The van der Waals surface area contributed by atoms with Crippen LogP contribution in [0.2, 0.25) is 5.02 Å². The Hall–Kier alpha value is -1.61. The summed E-state index contributed by atoms with van der Waals surface area (Å²) in [5, 5.41) is 5.12. The fourth-order valence-electron chi connectivity index (χ4n) is 3.12. The van der Waals surface area contributed by atoms with Gasteiger partial charge in [-0.05, 0) is 36.1 Å². The van der Waals surface area contributed by atoms with Crippen LogP contribution in [0.5, 0.6) is 0 Å². The number of hydrogen-bond donors (Lipinski definition) is 1. The molecular weight excluding hydrogens is 418 g/mol. The minimum Gasteiger partial charge on any atom is -0.369 e. The average Bonchev–Trinajstić information content (AvgIpc) is 3.19. The largest absolute Gasteiger partial charge is 0.369 e. The van der Waals surface area contributed by atoms with E-state index in [2.05, 4.69) is 10.2 Å². The van der Waals surface area contributed by atoms with Crippen LogP contribution in [-0.2, 0) is 10.0 Å².